The Kier molecular flexibility index (Phi) is 103. The summed E-state index contributed by atoms with van der Waals surface area (Å²) in [6.45, 7) is 8.86. The quantitative estimate of drug-likeness (QED) is 0.0478. The van der Waals surface area contributed by atoms with Gasteiger partial charge in [0.2, 0.25) is 0 Å². The second-order valence-corrected chi connectivity index (χ2v) is 41.3. The maximum atomic E-state index is 4.80. The number of hydrogen-bond donors (Lipinski definition) is 2. The third kappa shape index (κ3) is 88.0. The van der Waals surface area contributed by atoms with Gasteiger partial charge in [0.1, 0.15) is 0 Å². The second-order valence-electron chi connectivity index (χ2n) is 21.6. The molecule has 9 nitrogen and oxygen atoms in total. The van der Waals surface area contributed by atoms with Gasteiger partial charge in [-0.15, -0.1) is 0 Å². The molecular weight excluding hydrogens is 1970 g/mol. The fraction of sp³-hybridized carbons (Fsp3) is 0.318. The number of methoxy groups -OCH3 is 7. The van der Waals surface area contributed by atoms with E-state index in [1.54, 1.807) is 85.3 Å². The molecule has 0 saturated heterocycles. The van der Waals surface area contributed by atoms with Gasteiger partial charge in [0, 0.05) is 149 Å². The first-order valence-corrected chi connectivity index (χ1v) is 54.3. The van der Waals surface area contributed by atoms with Crippen molar-refractivity contribution in [2.75, 3.05) is 125 Å². The van der Waals surface area contributed by atoms with Crippen molar-refractivity contribution in [3.8, 4) is 0 Å². The first kappa shape index (κ1) is 112. The number of benzene rings is 10. The van der Waals surface area contributed by atoms with Crippen LogP contribution in [0, 0.1) is 35.7 Å². The summed E-state index contributed by atoms with van der Waals surface area (Å²) in [6, 6.07) is 113. The molecule has 10 rings (SSSR count). The van der Waals surface area contributed by atoms with Crippen molar-refractivity contribution in [3.05, 3.63) is 339 Å². The van der Waals surface area contributed by atoms with E-state index < -0.39 is 0 Å². The van der Waals surface area contributed by atoms with Crippen LogP contribution in [0.1, 0.15) is 39.5 Å². The fourth-order valence-electron chi connectivity index (χ4n) is 6.53. The van der Waals surface area contributed by atoms with Crippen LogP contribution in [0.15, 0.2) is 303 Å². The zero-order valence-corrected chi connectivity index (χ0v) is 89.6. The molecule has 0 heterocycles. The molecule has 602 valence electrons. The van der Waals surface area contributed by atoms with Gasteiger partial charge in [-0.25, -0.2) is 0 Å². The predicted molar refractivity (Wildman–Crippen MR) is 465 cm³/mol. The summed E-state index contributed by atoms with van der Waals surface area (Å²) < 4.78 is 45.4. The number of ether oxygens (including phenoxy) is 7. The van der Waals surface area contributed by atoms with Gasteiger partial charge in [-0.05, 0) is 45.9 Å². The second kappa shape index (κ2) is 98.7. The van der Waals surface area contributed by atoms with Gasteiger partial charge in [0.15, 0.2) is 0 Å². The SMILES string of the molecule is CCC[SiH3].CCNCCC[SiH3].CNCCC[SiH3].COC.COC.COC.COC.COC.COCCC[SiH3].COC[SiH3].c1ccc([I-]c2ccccc2)cc1.c1ccc([I-]c2ccccc2)cc1.c1ccc([I-]c2ccccc2)cc1.c1ccc([I-]c2ccccc2)cc1.c1ccc([I-]c2ccccc2)cc1. The van der Waals surface area contributed by atoms with E-state index >= 15 is 0 Å². The minimum atomic E-state index is 0.0287. The Balaban J connectivity index is -0.000000360. The maximum absolute atomic E-state index is 4.80. The van der Waals surface area contributed by atoms with Crippen LogP contribution in [0.3, 0.4) is 0 Å². The molecule has 0 aromatic heterocycles. The summed E-state index contributed by atoms with van der Waals surface area (Å²) in [5.41, 5.74) is 0. The van der Waals surface area contributed by atoms with Crippen LogP contribution in [0.4, 0.5) is 0 Å². The molecule has 19 heteroatoms. The molecule has 0 aliphatic heterocycles. The standard InChI is InChI=1S/5C12H10I.C5H15NSi.C4H13NSi.C4H12OSi.C3H10Si.C2H8OSi.5C2H6O/c5*1-3-7-11(8-4-1)13-12-9-5-2-6-10-12;1-2-6-4-3-5-7;2*1-5-3-2-4-6;1-2-3-4;1-3-2-4;5*1-3-2/h5*1-10H;6H,2-5H2,1,7H3;5H,2-4H2,1,6H3;2-4H2,1,6H3;2-3H2,1,4H3;2H2,1,4H3;5*1-2H3/q5*-1;;;;;;;;;;. The van der Waals surface area contributed by atoms with Gasteiger partial charge in [0.05, 0.1) is 0 Å². The van der Waals surface area contributed by atoms with E-state index in [9.17, 15) is 0 Å². The van der Waals surface area contributed by atoms with Gasteiger partial charge >= 0.3 is 445 Å². The fourth-order valence-corrected chi connectivity index (χ4v) is 18.9. The van der Waals surface area contributed by atoms with Gasteiger partial charge in [-0.3, -0.25) is 0 Å². The van der Waals surface area contributed by atoms with E-state index in [1.165, 1.54) is 150 Å². The Morgan fingerprint density at radius 2 is 0.411 bits per heavy atom. The van der Waals surface area contributed by atoms with Crippen molar-refractivity contribution in [2.45, 2.75) is 63.7 Å². The van der Waals surface area contributed by atoms with Crippen LogP contribution in [-0.2, 0) is 33.2 Å². The third-order valence-electron chi connectivity index (χ3n) is 11.7. The van der Waals surface area contributed by atoms with Crippen LogP contribution < -0.4 is 117 Å². The summed E-state index contributed by atoms with van der Waals surface area (Å²) in [5, 5.41) is 6.36. The van der Waals surface area contributed by atoms with Crippen molar-refractivity contribution in [1.29, 1.82) is 0 Å². The van der Waals surface area contributed by atoms with Crippen LogP contribution >= 0.6 is 0 Å². The van der Waals surface area contributed by atoms with Crippen molar-refractivity contribution < 1.29 is 139 Å². The average Bonchev–Trinajstić information content (AvgIpc) is 1.04. The van der Waals surface area contributed by atoms with Crippen LogP contribution in [-0.4, -0.2) is 176 Å². The molecule has 10 aromatic carbocycles. The Morgan fingerprint density at radius 1 is 0.252 bits per heavy atom. The molecular formula is C88H138I5N2O7Si5-5. The summed E-state index contributed by atoms with van der Waals surface area (Å²) >= 11 is 0.143. The first-order chi connectivity index (χ1) is 52.4. The summed E-state index contributed by atoms with van der Waals surface area (Å²) in [4.78, 5) is 0. The normalized spacial score (nSPS) is 9.34. The monoisotopic (exact) mass is 2110 g/mol. The Hall–Kier alpha value is -3.43. The van der Waals surface area contributed by atoms with Crippen LogP contribution in [0.25, 0.3) is 0 Å². The average molecular weight is 2110 g/mol. The number of halogens is 5. The molecule has 0 bridgehead atoms. The van der Waals surface area contributed by atoms with Gasteiger partial charge < -0.3 is 43.8 Å². The van der Waals surface area contributed by atoms with Crippen molar-refractivity contribution in [1.82, 2.24) is 10.6 Å². The van der Waals surface area contributed by atoms with Crippen molar-refractivity contribution >= 4 is 51.2 Å². The molecule has 0 atom stereocenters. The Morgan fingerprint density at radius 3 is 0.505 bits per heavy atom. The summed E-state index contributed by atoms with van der Waals surface area (Å²) in [7, 11) is 28.3. The van der Waals surface area contributed by atoms with E-state index in [2.05, 4.69) is 356 Å². The summed E-state index contributed by atoms with van der Waals surface area (Å²) in [6.07, 6.45) is 6.33. The molecule has 10 aromatic rings. The zero-order chi connectivity index (χ0) is 80.2. The summed E-state index contributed by atoms with van der Waals surface area (Å²) in [5.74, 6) is 0. The van der Waals surface area contributed by atoms with E-state index in [-0.39, 0.29) is 106 Å². The molecule has 0 unspecified atom stereocenters. The topological polar surface area (TPSA) is 88.7 Å². The molecule has 0 radical (unpaired) electrons. The molecule has 0 saturated carbocycles. The predicted octanol–water partition coefficient (Wildman–Crippen LogP) is -1.52. The van der Waals surface area contributed by atoms with Gasteiger partial charge in [0.25, 0.3) is 0 Å². The molecule has 0 aliphatic rings. The van der Waals surface area contributed by atoms with Gasteiger partial charge in [-0.1, -0.05) is 44.4 Å². The minimum absolute atomic E-state index is 0.0287. The van der Waals surface area contributed by atoms with E-state index in [0.29, 0.717) is 0 Å². The van der Waals surface area contributed by atoms with E-state index in [4.69, 9.17) is 4.74 Å². The van der Waals surface area contributed by atoms with Crippen molar-refractivity contribution in [3.63, 3.8) is 0 Å². The molecule has 107 heavy (non-hydrogen) atoms. The molecule has 0 amide bonds. The molecule has 2 N–H and O–H groups in total. The van der Waals surface area contributed by atoms with Gasteiger partial charge in [-0.2, -0.15) is 0 Å². The van der Waals surface area contributed by atoms with E-state index in [1.807, 2.05) is 7.05 Å². The molecule has 0 aliphatic carbocycles. The van der Waals surface area contributed by atoms with Crippen molar-refractivity contribution in [2.24, 2.45) is 0 Å². The zero-order valence-electron chi connectivity index (χ0n) is 68.8. The molecule has 0 fully saturated rings. The first-order valence-electron chi connectivity index (χ1n) is 36.5. The van der Waals surface area contributed by atoms with Crippen LogP contribution in [0.2, 0.25) is 24.2 Å². The number of hydrogen-bond acceptors (Lipinski definition) is 9. The number of rotatable bonds is 22. The van der Waals surface area contributed by atoms with Crippen LogP contribution in [0.5, 0.6) is 0 Å². The Labute approximate surface area is 720 Å². The molecule has 0 spiro atoms. The van der Waals surface area contributed by atoms with E-state index in [0.717, 1.165) is 19.4 Å². The number of nitrogens with one attached hydrogen (secondary N) is 2. The Bertz CT molecular complexity index is 2470. The third-order valence-corrected chi connectivity index (χ3v) is 28.8.